The average molecular weight is 356 g/mol. The van der Waals surface area contributed by atoms with E-state index in [0.29, 0.717) is 0 Å². The largest absolute Gasteiger partial charge is 0.439 e. The highest BCUT2D eigenvalue weighted by Crippen LogP contribution is 2.44. The lowest BCUT2D eigenvalue weighted by atomic mass is 10.0. The van der Waals surface area contributed by atoms with Crippen molar-refractivity contribution in [3.05, 3.63) is 29.8 Å². The van der Waals surface area contributed by atoms with Gasteiger partial charge < -0.3 is 10.6 Å². The van der Waals surface area contributed by atoms with Gasteiger partial charge in [0.25, 0.3) is 0 Å². The van der Waals surface area contributed by atoms with E-state index in [1.54, 1.807) is 0 Å². The minimum atomic E-state index is -5.81. The van der Waals surface area contributed by atoms with Crippen molar-refractivity contribution in [2.24, 2.45) is 5.92 Å². The lowest BCUT2D eigenvalue weighted by Gasteiger charge is -2.39. The van der Waals surface area contributed by atoms with Crippen LogP contribution in [0.5, 0.6) is 0 Å². The Morgan fingerprint density at radius 3 is 1.96 bits per heavy atom. The highest BCUT2D eigenvalue weighted by Gasteiger charge is 2.72. The number of rotatable bonds is 5. The second-order valence-electron chi connectivity index (χ2n) is 5.83. The van der Waals surface area contributed by atoms with Crippen molar-refractivity contribution in [1.29, 1.82) is 0 Å². The normalized spacial score (nSPS) is 13.1. The van der Waals surface area contributed by atoms with Gasteiger partial charge in [-0.1, -0.05) is 32.0 Å². The number of anilines is 1. The number of nitrogens with one attached hydrogen (secondary N) is 2. The van der Waals surface area contributed by atoms with Crippen LogP contribution >= 0.6 is 0 Å². The van der Waals surface area contributed by atoms with Gasteiger partial charge in [0.2, 0.25) is 5.91 Å². The Morgan fingerprint density at radius 1 is 1.04 bits per heavy atom. The first-order valence-electron chi connectivity index (χ1n) is 7.08. The maximum atomic E-state index is 13.4. The molecule has 24 heavy (non-hydrogen) atoms. The summed E-state index contributed by atoms with van der Waals surface area (Å²) in [5.74, 6) is -1.75. The fourth-order valence-corrected chi connectivity index (χ4v) is 2.02. The zero-order valence-corrected chi connectivity index (χ0v) is 13.3. The molecule has 1 aromatic carbocycles. The molecule has 1 aromatic rings. The van der Waals surface area contributed by atoms with Crippen molar-refractivity contribution in [2.75, 3.05) is 5.32 Å². The van der Waals surface area contributed by atoms with Crippen LogP contribution in [0.15, 0.2) is 24.3 Å². The highest BCUT2D eigenvalue weighted by molar-refractivity contribution is 5.78. The molecule has 0 unspecified atom stereocenters. The van der Waals surface area contributed by atoms with Gasteiger partial charge in [0.05, 0.1) is 0 Å². The van der Waals surface area contributed by atoms with Crippen LogP contribution in [0.25, 0.3) is 0 Å². The predicted molar refractivity (Wildman–Crippen MR) is 77.2 cm³/mol. The van der Waals surface area contributed by atoms with Gasteiger partial charge in [-0.05, 0) is 24.5 Å². The number of alkyl halides is 6. The quantitative estimate of drug-likeness (QED) is 0.607. The Hall–Kier alpha value is -1.93. The molecule has 2 N–H and O–H groups in total. The van der Waals surface area contributed by atoms with Crippen molar-refractivity contribution in [3.8, 4) is 0 Å². The Bertz CT molecular complexity index is 566. The number of aryl methyl sites for hydroxylation is 1. The number of halogens is 6. The predicted octanol–water partition coefficient (Wildman–Crippen LogP) is 4.39. The Balaban J connectivity index is 3.38. The monoisotopic (exact) mass is 356 g/mol. The molecule has 0 fully saturated rings. The lowest BCUT2D eigenvalue weighted by Crippen LogP contribution is -2.72. The summed E-state index contributed by atoms with van der Waals surface area (Å²) in [6.45, 7) is 4.38. The fraction of sp³-hybridized carbons (Fsp3) is 0.533. The first-order chi connectivity index (χ1) is 10.8. The number of para-hydroxylation sites is 1. The van der Waals surface area contributed by atoms with Crippen LogP contribution in [0.1, 0.15) is 25.8 Å². The van der Waals surface area contributed by atoms with Gasteiger partial charge in [0.15, 0.2) is 0 Å². The molecular formula is C15H18F6N2O. The molecule has 0 atom stereocenters. The topological polar surface area (TPSA) is 41.1 Å². The molecule has 1 amide bonds. The Labute approximate surface area is 135 Å². The maximum absolute atomic E-state index is 13.4. The number of hydrogen-bond donors (Lipinski definition) is 2. The van der Waals surface area contributed by atoms with E-state index in [0.717, 1.165) is 11.4 Å². The van der Waals surface area contributed by atoms with Crippen molar-refractivity contribution in [3.63, 3.8) is 0 Å². The minimum absolute atomic E-state index is 0.175. The third-order valence-electron chi connectivity index (χ3n) is 3.24. The summed E-state index contributed by atoms with van der Waals surface area (Å²) in [5, 5.41) is 2.58. The van der Waals surface area contributed by atoms with Gasteiger partial charge in [-0.15, -0.1) is 0 Å². The van der Waals surface area contributed by atoms with Gasteiger partial charge in [-0.2, -0.15) is 26.3 Å². The van der Waals surface area contributed by atoms with E-state index in [9.17, 15) is 31.1 Å². The Morgan fingerprint density at radius 2 is 1.54 bits per heavy atom. The van der Waals surface area contributed by atoms with Crippen molar-refractivity contribution < 1.29 is 31.1 Å². The summed E-state index contributed by atoms with van der Waals surface area (Å²) in [4.78, 5) is 11.7. The summed E-state index contributed by atoms with van der Waals surface area (Å²) in [6.07, 6.45) is -12.1. The number of hydrogen-bond acceptors (Lipinski definition) is 2. The average Bonchev–Trinajstić information content (AvgIpc) is 2.36. The summed E-state index contributed by atoms with van der Waals surface area (Å²) in [5.41, 5.74) is -4.77. The van der Waals surface area contributed by atoms with Gasteiger partial charge in [-0.3, -0.25) is 4.79 Å². The van der Waals surface area contributed by atoms with Gasteiger partial charge >= 0.3 is 18.0 Å². The lowest BCUT2D eigenvalue weighted by molar-refractivity contribution is -0.296. The first-order valence-corrected chi connectivity index (χ1v) is 7.08. The van der Waals surface area contributed by atoms with Gasteiger partial charge in [-0.25, -0.2) is 0 Å². The fourth-order valence-electron chi connectivity index (χ4n) is 2.02. The van der Waals surface area contributed by atoms with Crippen molar-refractivity contribution >= 4 is 11.6 Å². The third kappa shape index (κ3) is 4.33. The molecule has 0 saturated carbocycles. The molecule has 0 heterocycles. The van der Waals surface area contributed by atoms with E-state index in [1.165, 1.54) is 44.3 Å². The van der Waals surface area contributed by atoms with E-state index in [-0.39, 0.29) is 11.3 Å². The molecule has 1 rings (SSSR count). The van der Waals surface area contributed by atoms with Crippen molar-refractivity contribution in [1.82, 2.24) is 5.32 Å². The molecule has 0 aliphatic carbocycles. The van der Waals surface area contributed by atoms with Gasteiger partial charge in [0, 0.05) is 12.1 Å². The van der Waals surface area contributed by atoms with E-state index < -0.39 is 36.3 Å². The summed E-state index contributed by atoms with van der Waals surface area (Å²) in [7, 11) is 0. The molecule has 0 aromatic heterocycles. The standard InChI is InChI=1S/C15H18F6N2O/c1-9(2)8-12(24)23-13(14(16,17)18,15(19,20)21)22-11-7-5-4-6-10(11)3/h4-7,9,22H,8H2,1-3H3,(H,23,24). The van der Waals surface area contributed by atoms with Crippen LogP contribution in [0.4, 0.5) is 32.0 Å². The van der Waals surface area contributed by atoms with E-state index in [1.807, 2.05) is 0 Å². The number of carbonyl (C=O) groups excluding carboxylic acids is 1. The van der Waals surface area contributed by atoms with E-state index in [2.05, 4.69) is 0 Å². The molecule has 3 nitrogen and oxygen atoms in total. The number of carbonyl (C=O) groups is 1. The third-order valence-corrected chi connectivity index (χ3v) is 3.24. The van der Waals surface area contributed by atoms with E-state index in [4.69, 9.17) is 0 Å². The van der Waals surface area contributed by atoms with Crippen LogP contribution in [-0.4, -0.2) is 23.9 Å². The number of amides is 1. The molecule has 0 saturated heterocycles. The molecule has 136 valence electrons. The molecular weight excluding hydrogens is 338 g/mol. The highest BCUT2D eigenvalue weighted by atomic mass is 19.4. The van der Waals surface area contributed by atoms with Crippen LogP contribution in [0, 0.1) is 12.8 Å². The molecule has 0 aliphatic rings. The molecule has 9 heteroatoms. The zero-order valence-electron chi connectivity index (χ0n) is 13.3. The smallest absolute Gasteiger partial charge is 0.347 e. The zero-order chi connectivity index (χ0) is 18.8. The second-order valence-corrected chi connectivity index (χ2v) is 5.83. The van der Waals surface area contributed by atoms with Crippen molar-refractivity contribution in [2.45, 2.75) is 45.2 Å². The molecule has 0 radical (unpaired) electrons. The summed E-state index contributed by atoms with van der Waals surface area (Å²) in [6, 6.07) is 5.20. The number of benzene rings is 1. The van der Waals surface area contributed by atoms with E-state index >= 15 is 0 Å². The molecule has 0 aliphatic heterocycles. The van der Waals surface area contributed by atoms with Gasteiger partial charge in [0.1, 0.15) is 0 Å². The summed E-state index contributed by atoms with van der Waals surface area (Å²) < 4.78 is 80.3. The first kappa shape index (κ1) is 20.1. The Kier molecular flexibility index (Phi) is 5.78. The minimum Gasteiger partial charge on any atom is -0.347 e. The van der Waals surface area contributed by atoms with Crippen LogP contribution in [0.3, 0.4) is 0 Å². The van der Waals surface area contributed by atoms with Crippen LogP contribution in [-0.2, 0) is 4.79 Å². The second kappa shape index (κ2) is 6.90. The van der Waals surface area contributed by atoms with Crippen LogP contribution < -0.4 is 10.6 Å². The molecule has 0 spiro atoms. The maximum Gasteiger partial charge on any atom is 0.439 e. The molecule has 0 bridgehead atoms. The SMILES string of the molecule is Cc1ccccc1NC(NC(=O)CC(C)C)(C(F)(F)F)C(F)(F)F. The van der Waals surface area contributed by atoms with Crippen LogP contribution in [0.2, 0.25) is 0 Å². The summed E-state index contributed by atoms with van der Waals surface area (Å²) >= 11 is 0.